The van der Waals surface area contributed by atoms with Gasteiger partial charge in [0.25, 0.3) is 0 Å². The molecule has 4 heterocycles. The van der Waals surface area contributed by atoms with Gasteiger partial charge in [0.15, 0.2) is 0 Å². The molecular weight excluding hydrogens is 1120 g/mol. The van der Waals surface area contributed by atoms with E-state index in [1.165, 1.54) is 93.9 Å². The molecule has 0 atom stereocenters. The minimum Gasteiger partial charge on any atom is -0.496 e. The van der Waals surface area contributed by atoms with Crippen molar-refractivity contribution in [1.29, 1.82) is 0 Å². The SMILES string of the molecule is COc1cc(OC)c(C)cc1C.Cc1ccc(C)c2ccccc12.Cc1ccc(C)cc1.Cc1ccc(C)nc1.Cc1ccc(C)nc1.Cc1ccc2cc(C)ccc2c1.Cc1cccc(C)c1.Cc1cccc(C)n1.Cc1ccccc1C.Cc1ccnc(C)c1. The summed E-state index contributed by atoms with van der Waals surface area (Å²) in [6.45, 7) is 41.3. The average Bonchev–Trinajstić information content (AvgIpc) is 1.01. The van der Waals surface area contributed by atoms with Crippen LogP contribution in [0, 0.1) is 138 Å². The molecule has 0 N–H and O–H groups in total. The van der Waals surface area contributed by atoms with Crippen LogP contribution < -0.4 is 9.47 Å². The minimum atomic E-state index is 0.873. The van der Waals surface area contributed by atoms with E-state index in [0.717, 1.165) is 51.1 Å². The molecule has 0 bridgehead atoms. The largest absolute Gasteiger partial charge is 0.496 e. The maximum atomic E-state index is 5.16. The Morgan fingerprint density at radius 2 is 0.598 bits per heavy atom. The van der Waals surface area contributed by atoms with Crippen molar-refractivity contribution in [3.63, 3.8) is 0 Å². The van der Waals surface area contributed by atoms with Crippen LogP contribution in [0.25, 0.3) is 21.5 Å². The van der Waals surface area contributed by atoms with Crippen molar-refractivity contribution in [1.82, 2.24) is 19.9 Å². The van der Waals surface area contributed by atoms with Crippen LogP contribution in [0.2, 0.25) is 0 Å². The van der Waals surface area contributed by atoms with Crippen molar-refractivity contribution >= 4 is 21.5 Å². The monoisotopic (exact) mass is 1220 g/mol. The second kappa shape index (κ2) is 41.7. The molecule has 6 nitrogen and oxygen atoms in total. The summed E-state index contributed by atoms with van der Waals surface area (Å²) in [7, 11) is 3.33. The lowest BCUT2D eigenvalue weighted by Crippen LogP contribution is -1.92. The number of nitrogens with zero attached hydrogens (tertiary/aromatic N) is 4. The van der Waals surface area contributed by atoms with E-state index >= 15 is 0 Å². The number of hydrogen-bond acceptors (Lipinski definition) is 6. The number of methoxy groups -OCH3 is 2. The average molecular weight is 1230 g/mol. The molecule has 0 amide bonds. The van der Waals surface area contributed by atoms with Crippen molar-refractivity contribution in [3.05, 3.63) is 343 Å². The Morgan fingerprint density at radius 3 is 0.902 bits per heavy atom. The maximum absolute atomic E-state index is 5.16. The van der Waals surface area contributed by atoms with Gasteiger partial charge in [-0.3, -0.25) is 19.9 Å². The Kier molecular flexibility index (Phi) is 34.8. The molecule has 0 saturated heterocycles. The van der Waals surface area contributed by atoms with Crippen molar-refractivity contribution in [2.24, 2.45) is 0 Å². The zero-order chi connectivity index (χ0) is 68.1. The van der Waals surface area contributed by atoms with Crippen molar-refractivity contribution in [2.75, 3.05) is 14.2 Å². The second-order valence-corrected chi connectivity index (χ2v) is 23.6. The molecule has 0 saturated carbocycles. The number of aromatic nitrogens is 4. The molecule has 12 rings (SSSR count). The first kappa shape index (κ1) is 76.7. The van der Waals surface area contributed by atoms with E-state index in [1.807, 2.05) is 123 Å². The molecule has 0 aliphatic rings. The highest BCUT2D eigenvalue weighted by atomic mass is 16.5. The van der Waals surface area contributed by atoms with Crippen LogP contribution in [0.5, 0.6) is 11.5 Å². The van der Waals surface area contributed by atoms with Crippen molar-refractivity contribution in [2.45, 2.75) is 138 Å². The smallest absolute Gasteiger partial charge is 0.125 e. The topological polar surface area (TPSA) is 70.0 Å². The fourth-order valence-corrected chi connectivity index (χ4v) is 8.90. The van der Waals surface area contributed by atoms with E-state index in [9.17, 15) is 0 Å². The molecular formula is C86H104N4O2. The van der Waals surface area contributed by atoms with Crippen molar-refractivity contribution in [3.8, 4) is 11.5 Å². The Hall–Kier alpha value is -9.52. The molecule has 0 aliphatic carbocycles. The molecule has 4 aromatic heterocycles. The first-order valence-corrected chi connectivity index (χ1v) is 31.5. The summed E-state index contributed by atoms with van der Waals surface area (Å²) < 4.78 is 10.3. The molecule has 0 aliphatic heterocycles. The van der Waals surface area contributed by atoms with Gasteiger partial charge in [-0.2, -0.15) is 0 Å². The van der Waals surface area contributed by atoms with Gasteiger partial charge in [-0.05, 0) is 253 Å². The molecule has 92 heavy (non-hydrogen) atoms. The highest BCUT2D eigenvalue weighted by molar-refractivity contribution is 5.88. The molecule has 12 aromatic rings. The number of benzene rings is 8. The van der Waals surface area contributed by atoms with E-state index in [-0.39, 0.29) is 0 Å². The number of rotatable bonds is 2. The quantitative estimate of drug-likeness (QED) is 0.172. The van der Waals surface area contributed by atoms with Gasteiger partial charge in [-0.25, -0.2) is 0 Å². The van der Waals surface area contributed by atoms with Crippen LogP contribution in [0.4, 0.5) is 0 Å². The molecule has 6 heteroatoms. The summed E-state index contributed by atoms with van der Waals surface area (Å²) in [5, 5.41) is 5.41. The third-order valence-corrected chi connectivity index (χ3v) is 14.4. The van der Waals surface area contributed by atoms with Crippen LogP contribution in [-0.2, 0) is 0 Å². The second-order valence-electron chi connectivity index (χ2n) is 23.6. The molecule has 0 fully saturated rings. The predicted molar refractivity (Wildman–Crippen MR) is 398 cm³/mol. The Labute approximate surface area is 554 Å². The third kappa shape index (κ3) is 31.3. The first-order valence-electron chi connectivity index (χ1n) is 31.5. The van der Waals surface area contributed by atoms with Gasteiger partial charge in [0.1, 0.15) is 11.5 Å². The molecule has 0 spiro atoms. The molecule has 8 aromatic carbocycles. The molecule has 480 valence electrons. The first-order chi connectivity index (χ1) is 43.8. The minimum absolute atomic E-state index is 0.873. The summed E-state index contributed by atoms with van der Waals surface area (Å²) in [4.78, 5) is 16.4. The van der Waals surface area contributed by atoms with Crippen LogP contribution in [-0.4, -0.2) is 34.2 Å². The van der Waals surface area contributed by atoms with Gasteiger partial charge in [-0.15, -0.1) is 0 Å². The number of hydrogen-bond donors (Lipinski definition) is 0. The maximum Gasteiger partial charge on any atom is 0.125 e. The van der Waals surface area contributed by atoms with Gasteiger partial charge in [0.05, 0.1) is 14.2 Å². The van der Waals surface area contributed by atoms with Gasteiger partial charge in [0.2, 0.25) is 0 Å². The predicted octanol–water partition coefficient (Wildman–Crippen LogP) is 22.9. The van der Waals surface area contributed by atoms with E-state index in [0.29, 0.717) is 0 Å². The lowest BCUT2D eigenvalue weighted by Gasteiger charge is -2.09. The summed E-state index contributed by atoms with van der Waals surface area (Å²) in [6, 6.07) is 73.4. The van der Waals surface area contributed by atoms with Crippen molar-refractivity contribution < 1.29 is 9.47 Å². The van der Waals surface area contributed by atoms with E-state index in [4.69, 9.17) is 9.47 Å². The van der Waals surface area contributed by atoms with E-state index in [2.05, 4.69) is 266 Å². The number of aryl methyl sites for hydroxylation is 20. The van der Waals surface area contributed by atoms with Crippen LogP contribution in [0.1, 0.15) is 112 Å². The fraction of sp³-hybridized carbons (Fsp3) is 0.256. The summed E-state index contributed by atoms with van der Waals surface area (Å²) >= 11 is 0. The summed E-state index contributed by atoms with van der Waals surface area (Å²) in [6.07, 6.45) is 5.56. The normalized spacial score (nSPS) is 9.63. The van der Waals surface area contributed by atoms with Gasteiger partial charge >= 0.3 is 0 Å². The lowest BCUT2D eigenvalue weighted by atomic mass is 10.0. The summed E-state index contributed by atoms with van der Waals surface area (Å²) in [5.41, 5.74) is 24.8. The Morgan fingerprint density at radius 1 is 0.228 bits per heavy atom. The van der Waals surface area contributed by atoms with Gasteiger partial charge in [0, 0.05) is 53.1 Å². The lowest BCUT2D eigenvalue weighted by molar-refractivity contribution is 0.390. The Balaban J connectivity index is 0.000000268. The number of pyridine rings is 4. The molecule has 0 radical (unpaired) electrons. The standard InChI is InChI=1S/2C12H12.C10H14O2.3C8H10.4C7H9N/c1-9-3-5-12-8-10(2)4-6-11(12)7-9;1-9-7-8-10(2)12-6-4-3-5-11(9)12;1-7-5-8(2)10(12-4)6-9(7)11-3;1-7-3-5-8(2)6-4-7;1-7-4-3-5-8(2)6-7;1-7-5-3-4-6-8(7)2;1-6-3-4-8-7(2)5-6;2*1-6-3-4-7(2)8-5-6;1-6-4-3-5-7(2)8-6/h2*3-8H,1-2H3;5-6H,1-4H3;3*3-6H,1-2H3;4*3-5H,1-2H3. The van der Waals surface area contributed by atoms with Gasteiger partial charge in [-0.1, -0.05) is 197 Å². The highest BCUT2D eigenvalue weighted by Crippen LogP contribution is 2.27. The third-order valence-electron chi connectivity index (χ3n) is 14.4. The van der Waals surface area contributed by atoms with Crippen LogP contribution >= 0.6 is 0 Å². The van der Waals surface area contributed by atoms with Crippen LogP contribution in [0.3, 0.4) is 0 Å². The zero-order valence-corrected chi connectivity index (χ0v) is 59.5. The highest BCUT2D eigenvalue weighted by Gasteiger charge is 2.04. The van der Waals surface area contributed by atoms with Gasteiger partial charge < -0.3 is 9.47 Å². The summed E-state index contributed by atoms with van der Waals surface area (Å²) in [5.74, 6) is 1.75. The van der Waals surface area contributed by atoms with Crippen LogP contribution in [0.15, 0.2) is 231 Å². The number of fused-ring (bicyclic) bond motifs is 2. The van der Waals surface area contributed by atoms with E-state index in [1.54, 1.807) is 14.2 Å². The number of ether oxygens (including phenoxy) is 2. The fourth-order valence-electron chi connectivity index (χ4n) is 8.90. The Bertz CT molecular complexity index is 3610. The van der Waals surface area contributed by atoms with E-state index < -0.39 is 0 Å². The molecule has 0 unspecified atom stereocenters. The zero-order valence-electron chi connectivity index (χ0n) is 59.5.